The highest BCUT2D eigenvalue weighted by atomic mass is 16.5. The van der Waals surface area contributed by atoms with Crippen LogP contribution in [0.1, 0.15) is 166 Å². The van der Waals surface area contributed by atoms with E-state index in [1.54, 1.807) is 55.4 Å². The van der Waals surface area contributed by atoms with Crippen LogP contribution in [-0.4, -0.2) is 165 Å². The summed E-state index contributed by atoms with van der Waals surface area (Å²) in [4.78, 5) is 151. The first-order valence-corrected chi connectivity index (χ1v) is 27.7. The topological polar surface area (TPSA) is 386 Å². The van der Waals surface area contributed by atoms with Gasteiger partial charge in [0.1, 0.15) is 60.5 Å². The van der Waals surface area contributed by atoms with Gasteiger partial charge in [-0.15, -0.1) is 0 Å². The molecule has 25 heteroatoms. The van der Waals surface area contributed by atoms with Crippen LogP contribution in [0.15, 0.2) is 0 Å². The molecule has 0 radical (unpaired) electrons. The Morgan fingerprint density at radius 3 is 1.55 bits per heavy atom. The van der Waals surface area contributed by atoms with E-state index in [9.17, 15) is 73.2 Å². The first-order chi connectivity index (χ1) is 36.6. The second kappa shape index (κ2) is 36.3. The fraction of sp³-hybridized carbons (Fsp3) is 0.792. The zero-order valence-electron chi connectivity index (χ0n) is 47.7. The van der Waals surface area contributed by atoms with Gasteiger partial charge in [-0.05, 0) is 69.1 Å². The molecule has 25 nitrogen and oxygen atoms in total. The average Bonchev–Trinajstić information content (AvgIpc) is 3.35. The number of carboxylic acids is 1. The number of hydrogen-bond donors (Lipinski definition) is 13. The number of hydrogen-bond acceptors (Lipinski definition) is 15. The highest BCUT2D eigenvalue weighted by Gasteiger charge is 2.40. The van der Waals surface area contributed by atoms with Gasteiger partial charge in [0, 0.05) is 6.42 Å². The standard InChI is InChI=1S/C53H93N9O16/c1-12-15-16-17-18-19-33(65)25-41(66)54-36(22-28(4)5)47(71)56-35(20-21-42(67)68)46(70)62-44-32(11)78-53(77)43(31(10)13-2)61-51(75)40(27-64)60-49(73)38(24-30(8)9)58-50(74)39(26-63)59-48(72)37(23-29(6)7)57-45(69)34(14-3)55-52(44)76/h28-40,43-44,63-65H,12-27H2,1-11H3,(H,54,66)(H,55,76)(H,56,71)(H,57,69)(H,58,74)(H,59,72)(H,60,73)(H,61,75)(H,62,70)(H,67,68)/t31?,32?,33-,34+,35+,36-,37-,38-,39+,40+,43?,44?/m0/s1. The Morgan fingerprint density at radius 1 is 0.590 bits per heavy atom. The third-order valence-electron chi connectivity index (χ3n) is 13.2. The van der Waals surface area contributed by atoms with Gasteiger partial charge in [0.05, 0.1) is 25.7 Å². The molecular formula is C53H93N9O16. The van der Waals surface area contributed by atoms with E-state index in [2.05, 4.69) is 54.8 Å². The number of amides is 9. The van der Waals surface area contributed by atoms with Crippen LogP contribution in [0.25, 0.3) is 0 Å². The number of nitrogens with one attached hydrogen (secondary N) is 9. The lowest BCUT2D eigenvalue weighted by Crippen LogP contribution is -2.63. The maximum absolute atomic E-state index is 14.5. The van der Waals surface area contributed by atoms with Gasteiger partial charge in [-0.25, -0.2) is 4.79 Å². The molecular weight excluding hydrogens is 1020 g/mol. The number of carbonyl (C=O) groups excluding carboxylic acids is 10. The first kappa shape index (κ1) is 70.1. The number of esters is 1. The van der Waals surface area contributed by atoms with E-state index < -0.39 is 164 Å². The first-order valence-electron chi connectivity index (χ1n) is 27.7. The zero-order chi connectivity index (χ0) is 59.4. The number of aliphatic hydroxyl groups is 3. The summed E-state index contributed by atoms with van der Waals surface area (Å²) in [5, 5.41) is 63.3. The summed E-state index contributed by atoms with van der Waals surface area (Å²) in [5.41, 5.74) is 0. The fourth-order valence-corrected chi connectivity index (χ4v) is 8.46. The van der Waals surface area contributed by atoms with Crippen molar-refractivity contribution in [2.45, 2.75) is 233 Å². The van der Waals surface area contributed by atoms with Crippen molar-refractivity contribution in [2.75, 3.05) is 13.2 Å². The van der Waals surface area contributed by atoms with Crippen LogP contribution in [0.3, 0.4) is 0 Å². The quantitative estimate of drug-likeness (QED) is 0.0376. The van der Waals surface area contributed by atoms with Crippen LogP contribution in [0.2, 0.25) is 0 Å². The Morgan fingerprint density at radius 2 is 1.08 bits per heavy atom. The van der Waals surface area contributed by atoms with Gasteiger partial charge in [0.2, 0.25) is 53.2 Å². The summed E-state index contributed by atoms with van der Waals surface area (Å²) in [6.07, 6.45) is 0.954. The van der Waals surface area contributed by atoms with E-state index >= 15 is 0 Å². The van der Waals surface area contributed by atoms with E-state index in [0.29, 0.717) is 12.8 Å². The molecule has 13 N–H and O–H groups in total. The molecule has 1 fully saturated rings. The predicted octanol–water partition coefficient (Wildman–Crippen LogP) is -0.150. The van der Waals surface area contributed by atoms with Crippen molar-refractivity contribution >= 4 is 65.1 Å². The molecule has 0 spiro atoms. The van der Waals surface area contributed by atoms with E-state index in [0.717, 1.165) is 25.7 Å². The third-order valence-corrected chi connectivity index (χ3v) is 13.2. The normalized spacial score (nSPS) is 24.1. The number of ether oxygens (including phenoxy) is 1. The molecule has 1 aliphatic rings. The zero-order valence-corrected chi connectivity index (χ0v) is 47.7. The van der Waals surface area contributed by atoms with Gasteiger partial charge < -0.3 is 73.0 Å². The number of cyclic esters (lactones) is 1. The van der Waals surface area contributed by atoms with Crippen molar-refractivity contribution < 1.29 is 77.9 Å². The number of aliphatic carboxylic acids is 1. The van der Waals surface area contributed by atoms with Crippen molar-refractivity contribution in [3.05, 3.63) is 0 Å². The largest absolute Gasteiger partial charge is 0.481 e. The molecule has 9 amide bonds. The Labute approximate surface area is 459 Å². The summed E-state index contributed by atoms with van der Waals surface area (Å²) < 4.78 is 5.79. The van der Waals surface area contributed by atoms with Gasteiger partial charge in [-0.1, -0.05) is 108 Å². The number of aliphatic hydroxyl groups excluding tert-OH is 3. The summed E-state index contributed by atoms with van der Waals surface area (Å²) in [6.45, 7) is 16.6. The summed E-state index contributed by atoms with van der Waals surface area (Å²) >= 11 is 0. The van der Waals surface area contributed by atoms with Crippen LogP contribution in [0.4, 0.5) is 0 Å². The molecule has 1 rings (SSSR count). The van der Waals surface area contributed by atoms with Crippen molar-refractivity contribution in [3.8, 4) is 0 Å². The van der Waals surface area contributed by atoms with E-state index in [-0.39, 0.29) is 56.3 Å². The minimum atomic E-state index is -1.94. The van der Waals surface area contributed by atoms with Crippen LogP contribution in [0.5, 0.6) is 0 Å². The van der Waals surface area contributed by atoms with Crippen molar-refractivity contribution in [2.24, 2.45) is 23.7 Å². The fourth-order valence-electron chi connectivity index (χ4n) is 8.46. The van der Waals surface area contributed by atoms with Crippen LogP contribution in [0, 0.1) is 23.7 Å². The van der Waals surface area contributed by atoms with E-state index in [1.165, 1.54) is 13.8 Å². The Balaban J connectivity index is 3.93. The van der Waals surface area contributed by atoms with E-state index in [4.69, 9.17) is 4.74 Å². The van der Waals surface area contributed by atoms with Gasteiger partial charge in [-0.2, -0.15) is 0 Å². The summed E-state index contributed by atoms with van der Waals surface area (Å²) in [7, 11) is 0. The minimum Gasteiger partial charge on any atom is -0.481 e. The van der Waals surface area contributed by atoms with Gasteiger partial charge in [0.25, 0.3) is 0 Å². The minimum absolute atomic E-state index is 0.00821. The van der Waals surface area contributed by atoms with Gasteiger partial charge in [0.15, 0.2) is 0 Å². The number of carboxylic acid groups (broad SMARTS) is 1. The lowest BCUT2D eigenvalue weighted by Gasteiger charge is -2.31. The van der Waals surface area contributed by atoms with Crippen molar-refractivity contribution in [1.29, 1.82) is 0 Å². The molecule has 78 heavy (non-hydrogen) atoms. The van der Waals surface area contributed by atoms with Crippen LogP contribution < -0.4 is 47.9 Å². The molecule has 1 aliphatic heterocycles. The van der Waals surface area contributed by atoms with E-state index in [1.807, 2.05) is 0 Å². The average molecular weight is 1110 g/mol. The molecule has 1 heterocycles. The number of unbranched alkanes of at least 4 members (excludes halogenated alkanes) is 4. The molecule has 0 aromatic heterocycles. The highest BCUT2D eigenvalue weighted by Crippen LogP contribution is 2.16. The molecule has 0 aliphatic carbocycles. The Hall–Kier alpha value is -5.95. The molecule has 0 bridgehead atoms. The summed E-state index contributed by atoms with van der Waals surface area (Å²) in [6, 6.07) is -14.0. The van der Waals surface area contributed by atoms with Gasteiger partial charge in [-0.3, -0.25) is 47.9 Å². The molecule has 446 valence electrons. The molecule has 12 atom stereocenters. The number of rotatable bonds is 27. The lowest BCUT2D eigenvalue weighted by atomic mass is 9.98. The van der Waals surface area contributed by atoms with Crippen molar-refractivity contribution in [1.82, 2.24) is 47.9 Å². The predicted molar refractivity (Wildman–Crippen MR) is 286 cm³/mol. The molecule has 0 aromatic carbocycles. The second-order valence-corrected chi connectivity index (χ2v) is 21.6. The molecule has 4 unspecified atom stereocenters. The molecule has 1 saturated heterocycles. The van der Waals surface area contributed by atoms with Gasteiger partial charge >= 0.3 is 11.9 Å². The van der Waals surface area contributed by atoms with Crippen molar-refractivity contribution in [3.63, 3.8) is 0 Å². The highest BCUT2D eigenvalue weighted by molar-refractivity contribution is 5.99. The summed E-state index contributed by atoms with van der Waals surface area (Å²) in [5.74, 6) is -12.6. The lowest BCUT2D eigenvalue weighted by molar-refractivity contribution is -0.157. The van der Waals surface area contributed by atoms with Crippen LogP contribution >= 0.6 is 0 Å². The second-order valence-electron chi connectivity index (χ2n) is 21.6. The molecule has 0 aromatic rings. The third kappa shape index (κ3) is 25.7. The monoisotopic (exact) mass is 1110 g/mol. The number of carbonyl (C=O) groups is 11. The maximum Gasteiger partial charge on any atom is 0.329 e. The Bertz CT molecular complexity index is 1990. The molecule has 0 saturated carbocycles. The SMILES string of the molecule is CCCCCCC[C@H](O)CC(=O)N[C@@H](CC(C)C)C(=O)N[C@H](CCC(=O)O)C(=O)NC1C(=O)N[C@H](CC)C(=O)N[C@@H](CC(C)C)C(=O)N[C@H](CO)C(=O)N[C@@H](CC(C)C)C(=O)N[C@H](CO)C(=O)NC(C(C)CC)C(=O)OC1C. The maximum atomic E-state index is 14.5. The van der Waals surface area contributed by atoms with Crippen LogP contribution in [-0.2, 0) is 57.5 Å². The smallest absolute Gasteiger partial charge is 0.329 e. The Kier molecular flexibility index (Phi) is 32.6.